The van der Waals surface area contributed by atoms with Gasteiger partial charge in [0.2, 0.25) is 5.91 Å². The number of carbonyl (C=O) groups excluding carboxylic acids is 1. The summed E-state index contributed by atoms with van der Waals surface area (Å²) in [5.41, 5.74) is 0.263. The van der Waals surface area contributed by atoms with Crippen LogP contribution in [0, 0.1) is 0 Å². The zero-order valence-corrected chi connectivity index (χ0v) is 14.9. The maximum atomic E-state index is 12.6. The molecule has 0 N–H and O–H groups in total. The van der Waals surface area contributed by atoms with Gasteiger partial charge in [-0.05, 0) is 35.7 Å². The maximum absolute atomic E-state index is 12.6. The Kier molecular flexibility index (Phi) is 4.52. The molecular formula is C15H20BrN5O2. The van der Waals surface area contributed by atoms with Crippen LogP contribution in [0.25, 0.3) is 11.0 Å². The predicted octanol–water partition coefficient (Wildman–Crippen LogP) is 1.68. The zero-order valence-electron chi connectivity index (χ0n) is 13.3. The Balaban J connectivity index is 1.88. The fraction of sp³-hybridized carbons (Fsp3) is 0.600. The molecule has 0 unspecified atom stereocenters. The average molecular weight is 382 g/mol. The van der Waals surface area contributed by atoms with Gasteiger partial charge in [0.05, 0.1) is 0 Å². The fourth-order valence-corrected chi connectivity index (χ4v) is 3.92. The van der Waals surface area contributed by atoms with Crippen molar-refractivity contribution in [3.05, 3.63) is 21.3 Å². The minimum atomic E-state index is -0.245. The molecule has 2 heterocycles. The van der Waals surface area contributed by atoms with Gasteiger partial charge in [-0.2, -0.15) is 5.10 Å². The molecule has 0 bridgehead atoms. The molecular weight excluding hydrogens is 362 g/mol. The van der Waals surface area contributed by atoms with Crippen molar-refractivity contribution in [3.63, 3.8) is 0 Å². The highest BCUT2D eigenvalue weighted by Gasteiger charge is 2.26. The van der Waals surface area contributed by atoms with E-state index < -0.39 is 0 Å². The Hall–Kier alpha value is -1.70. The molecule has 7 nitrogen and oxygen atoms in total. The van der Waals surface area contributed by atoms with Crippen LogP contribution in [0.2, 0.25) is 0 Å². The second-order valence-electron chi connectivity index (χ2n) is 5.91. The molecule has 23 heavy (non-hydrogen) atoms. The largest absolute Gasteiger partial charge is 0.338 e. The van der Waals surface area contributed by atoms with E-state index in [-0.39, 0.29) is 18.0 Å². The standard InChI is InChI=1S/C15H20BrN5O2/c1-3-21(10-6-4-5-7-10)11(22)8-20-9-17-14-12(15(20)23)13(16)18-19(14)2/h9-10H,3-8H2,1-2H3. The Bertz CT molecular complexity index is 791. The highest BCUT2D eigenvalue weighted by atomic mass is 79.9. The normalized spacial score (nSPS) is 15.4. The summed E-state index contributed by atoms with van der Waals surface area (Å²) in [7, 11) is 1.73. The number of hydrogen-bond acceptors (Lipinski definition) is 4. The molecule has 0 aromatic carbocycles. The van der Waals surface area contributed by atoms with Crippen LogP contribution in [-0.2, 0) is 18.4 Å². The van der Waals surface area contributed by atoms with E-state index in [0.717, 1.165) is 12.8 Å². The third-order valence-electron chi connectivity index (χ3n) is 4.50. The molecule has 1 aliphatic rings. The predicted molar refractivity (Wildman–Crippen MR) is 90.1 cm³/mol. The lowest BCUT2D eigenvalue weighted by Crippen LogP contribution is -2.42. The van der Waals surface area contributed by atoms with Gasteiger partial charge in [0, 0.05) is 19.6 Å². The van der Waals surface area contributed by atoms with E-state index in [9.17, 15) is 9.59 Å². The van der Waals surface area contributed by atoms with Crippen molar-refractivity contribution in [2.24, 2.45) is 7.05 Å². The summed E-state index contributed by atoms with van der Waals surface area (Å²) in [6.07, 6.45) is 5.88. The molecule has 0 radical (unpaired) electrons. The van der Waals surface area contributed by atoms with E-state index in [1.165, 1.54) is 23.7 Å². The number of amides is 1. The van der Waals surface area contributed by atoms with Crippen molar-refractivity contribution >= 4 is 32.9 Å². The van der Waals surface area contributed by atoms with Crippen molar-refractivity contribution in [2.75, 3.05) is 6.54 Å². The zero-order chi connectivity index (χ0) is 16.6. The molecule has 8 heteroatoms. The van der Waals surface area contributed by atoms with Gasteiger partial charge in [-0.3, -0.25) is 14.2 Å². The molecule has 0 saturated heterocycles. The van der Waals surface area contributed by atoms with Crippen LogP contribution in [0.5, 0.6) is 0 Å². The van der Waals surface area contributed by atoms with Gasteiger partial charge in [0.15, 0.2) is 5.65 Å². The molecule has 1 amide bonds. The topological polar surface area (TPSA) is 73.0 Å². The van der Waals surface area contributed by atoms with Gasteiger partial charge in [0.1, 0.15) is 22.9 Å². The van der Waals surface area contributed by atoms with E-state index in [4.69, 9.17) is 0 Å². The average Bonchev–Trinajstić information content (AvgIpc) is 3.12. The second-order valence-corrected chi connectivity index (χ2v) is 6.66. The van der Waals surface area contributed by atoms with Gasteiger partial charge in [0.25, 0.3) is 5.56 Å². The summed E-state index contributed by atoms with van der Waals surface area (Å²) in [6.45, 7) is 2.68. The molecule has 0 aliphatic heterocycles. The quantitative estimate of drug-likeness (QED) is 0.807. The van der Waals surface area contributed by atoms with Crippen LogP contribution < -0.4 is 5.56 Å². The highest BCUT2D eigenvalue weighted by molar-refractivity contribution is 9.10. The number of hydrogen-bond donors (Lipinski definition) is 0. The third kappa shape index (κ3) is 2.91. The maximum Gasteiger partial charge on any atom is 0.266 e. The van der Waals surface area contributed by atoms with Crippen LogP contribution >= 0.6 is 15.9 Å². The molecule has 1 aliphatic carbocycles. The van der Waals surface area contributed by atoms with E-state index in [1.54, 1.807) is 11.7 Å². The first-order chi connectivity index (χ1) is 11.0. The number of aromatic nitrogens is 4. The first-order valence-electron chi connectivity index (χ1n) is 7.90. The first-order valence-corrected chi connectivity index (χ1v) is 8.69. The number of halogens is 1. The number of likely N-dealkylation sites (N-methyl/N-ethyl adjacent to an activating group) is 1. The minimum absolute atomic E-state index is 0.0213. The van der Waals surface area contributed by atoms with E-state index >= 15 is 0 Å². The number of nitrogens with zero attached hydrogens (tertiary/aromatic N) is 5. The van der Waals surface area contributed by atoms with Crippen LogP contribution in [0.3, 0.4) is 0 Å². The fourth-order valence-electron chi connectivity index (χ4n) is 3.34. The van der Waals surface area contributed by atoms with Crippen molar-refractivity contribution in [1.82, 2.24) is 24.2 Å². The van der Waals surface area contributed by atoms with Crippen LogP contribution in [0.15, 0.2) is 15.7 Å². The Morgan fingerprint density at radius 3 is 2.78 bits per heavy atom. The van der Waals surface area contributed by atoms with E-state index in [0.29, 0.717) is 28.2 Å². The van der Waals surface area contributed by atoms with E-state index in [1.807, 2.05) is 11.8 Å². The monoisotopic (exact) mass is 381 g/mol. The number of fused-ring (bicyclic) bond motifs is 1. The summed E-state index contributed by atoms with van der Waals surface area (Å²) < 4.78 is 3.37. The van der Waals surface area contributed by atoms with Crippen molar-refractivity contribution < 1.29 is 4.79 Å². The molecule has 1 saturated carbocycles. The van der Waals surface area contributed by atoms with Gasteiger partial charge in [-0.1, -0.05) is 12.8 Å². The van der Waals surface area contributed by atoms with Crippen molar-refractivity contribution in [1.29, 1.82) is 0 Å². The summed E-state index contributed by atoms with van der Waals surface area (Å²) in [5.74, 6) is -0.0253. The number of carbonyl (C=O) groups is 1. The van der Waals surface area contributed by atoms with Gasteiger partial charge in [-0.15, -0.1) is 0 Å². The summed E-state index contributed by atoms with van der Waals surface area (Å²) in [4.78, 5) is 31.4. The highest BCUT2D eigenvalue weighted by Crippen LogP contribution is 2.23. The molecule has 0 atom stereocenters. The third-order valence-corrected chi connectivity index (χ3v) is 5.06. The van der Waals surface area contributed by atoms with Crippen LogP contribution in [0.1, 0.15) is 32.6 Å². The lowest BCUT2D eigenvalue weighted by Gasteiger charge is -2.27. The number of rotatable bonds is 4. The minimum Gasteiger partial charge on any atom is -0.338 e. The van der Waals surface area contributed by atoms with Gasteiger partial charge >= 0.3 is 0 Å². The van der Waals surface area contributed by atoms with Crippen molar-refractivity contribution in [3.8, 4) is 0 Å². The molecule has 0 spiro atoms. The molecule has 2 aromatic heterocycles. The molecule has 124 valence electrons. The molecule has 1 fully saturated rings. The van der Waals surface area contributed by atoms with Gasteiger partial charge in [-0.25, -0.2) is 9.67 Å². The van der Waals surface area contributed by atoms with Crippen LogP contribution in [0.4, 0.5) is 0 Å². The summed E-state index contributed by atoms with van der Waals surface area (Å²) in [6, 6.07) is 0.310. The van der Waals surface area contributed by atoms with Gasteiger partial charge < -0.3 is 4.90 Å². The lowest BCUT2D eigenvalue weighted by atomic mass is 10.2. The second kappa shape index (κ2) is 6.43. The molecule has 3 rings (SSSR count). The first kappa shape index (κ1) is 16.2. The number of aryl methyl sites for hydroxylation is 1. The Morgan fingerprint density at radius 2 is 2.13 bits per heavy atom. The lowest BCUT2D eigenvalue weighted by molar-refractivity contribution is -0.133. The summed E-state index contributed by atoms with van der Waals surface area (Å²) in [5, 5.41) is 4.56. The molecule has 2 aromatic rings. The van der Waals surface area contributed by atoms with Crippen molar-refractivity contribution in [2.45, 2.75) is 45.2 Å². The smallest absolute Gasteiger partial charge is 0.266 e. The van der Waals surface area contributed by atoms with Crippen LogP contribution in [-0.4, -0.2) is 42.7 Å². The SMILES string of the molecule is CCN(C(=O)Cn1cnc2c(c(Br)nn2C)c1=O)C1CCCC1. The Morgan fingerprint density at radius 1 is 1.43 bits per heavy atom. The summed E-state index contributed by atoms with van der Waals surface area (Å²) >= 11 is 3.28. The Labute approximate surface area is 142 Å². The van der Waals surface area contributed by atoms with E-state index in [2.05, 4.69) is 26.0 Å².